The van der Waals surface area contributed by atoms with Gasteiger partial charge in [0.1, 0.15) is 5.82 Å². The Labute approximate surface area is 119 Å². The Bertz CT molecular complexity index is 442. The number of anilines is 1. The van der Waals surface area contributed by atoms with Crippen LogP contribution in [0.1, 0.15) is 17.3 Å². The van der Waals surface area contributed by atoms with E-state index in [1.54, 1.807) is 19.4 Å². The number of carbonyl (C=O) groups excluding carboxylic acids is 1. The topological polar surface area (TPSA) is 63.2 Å². The van der Waals surface area contributed by atoms with Gasteiger partial charge in [-0.05, 0) is 28.9 Å². The van der Waals surface area contributed by atoms with Gasteiger partial charge in [-0.1, -0.05) is 12.2 Å². The first kappa shape index (κ1) is 15.0. The summed E-state index contributed by atoms with van der Waals surface area (Å²) in [6.45, 7) is 2.31. The number of rotatable bonds is 6. The molecule has 5 nitrogen and oxygen atoms in total. The number of nitrogens with zero attached hydrogens (tertiary/aromatic N) is 1. The smallest absolute Gasteiger partial charge is 0.255 e. The third-order valence-corrected chi connectivity index (χ3v) is 2.64. The fourth-order valence-electron chi connectivity index (χ4n) is 1.38. The first-order valence-corrected chi connectivity index (χ1v) is 6.50. The molecule has 1 rings (SSSR count). The van der Waals surface area contributed by atoms with Crippen LogP contribution in [0.25, 0.3) is 0 Å². The van der Waals surface area contributed by atoms with Crippen LogP contribution in [0.4, 0.5) is 5.82 Å². The number of hydrogen-bond donors (Lipinski definition) is 2. The van der Waals surface area contributed by atoms with Gasteiger partial charge in [0.2, 0.25) is 0 Å². The molecular weight excluding hydrogens is 318 g/mol. The summed E-state index contributed by atoms with van der Waals surface area (Å²) in [4.78, 5) is 16.2. The van der Waals surface area contributed by atoms with E-state index in [0.29, 0.717) is 18.0 Å². The van der Waals surface area contributed by atoms with Gasteiger partial charge in [0.25, 0.3) is 5.91 Å². The molecule has 7 heteroatoms. The molecule has 0 aromatic carbocycles. The van der Waals surface area contributed by atoms with Crippen LogP contribution < -0.4 is 10.6 Å². The van der Waals surface area contributed by atoms with Crippen molar-refractivity contribution in [2.45, 2.75) is 13.0 Å². The SMILES string of the molecule is COCC(C)NC(=O)c1cc(Br)cnc1NC=S. The predicted octanol–water partition coefficient (Wildman–Crippen LogP) is 1.98. The molecule has 0 spiro atoms. The van der Waals surface area contributed by atoms with Crippen LogP contribution in [-0.2, 0) is 4.74 Å². The quantitative estimate of drug-likeness (QED) is 0.780. The molecule has 0 fully saturated rings. The predicted molar refractivity (Wildman–Crippen MR) is 78.0 cm³/mol. The number of pyridine rings is 1. The van der Waals surface area contributed by atoms with Gasteiger partial charge in [-0.15, -0.1) is 0 Å². The number of nitrogens with one attached hydrogen (secondary N) is 2. The molecule has 0 aliphatic carbocycles. The molecule has 18 heavy (non-hydrogen) atoms. The number of carbonyl (C=O) groups is 1. The van der Waals surface area contributed by atoms with Crippen molar-refractivity contribution >= 4 is 45.4 Å². The zero-order valence-electron chi connectivity index (χ0n) is 10.1. The van der Waals surface area contributed by atoms with E-state index < -0.39 is 0 Å². The minimum absolute atomic E-state index is 0.0817. The second kappa shape index (κ2) is 7.40. The molecule has 0 aliphatic rings. The number of aromatic nitrogens is 1. The normalized spacial score (nSPS) is 11.7. The summed E-state index contributed by atoms with van der Waals surface area (Å²) in [5, 5.41) is 5.57. The molecule has 0 aliphatic heterocycles. The minimum Gasteiger partial charge on any atom is -0.383 e. The molecule has 0 saturated heterocycles. The Morgan fingerprint density at radius 2 is 2.44 bits per heavy atom. The van der Waals surface area contributed by atoms with Crippen LogP contribution in [0.2, 0.25) is 0 Å². The van der Waals surface area contributed by atoms with E-state index in [4.69, 9.17) is 17.0 Å². The monoisotopic (exact) mass is 331 g/mol. The van der Waals surface area contributed by atoms with Crippen LogP contribution in [0.5, 0.6) is 0 Å². The summed E-state index contributed by atoms with van der Waals surface area (Å²) < 4.78 is 5.69. The van der Waals surface area contributed by atoms with Crippen molar-refractivity contribution in [3.05, 3.63) is 22.3 Å². The van der Waals surface area contributed by atoms with E-state index in [-0.39, 0.29) is 11.9 Å². The van der Waals surface area contributed by atoms with Crippen molar-refractivity contribution in [1.29, 1.82) is 0 Å². The van der Waals surface area contributed by atoms with E-state index in [0.717, 1.165) is 4.47 Å². The van der Waals surface area contributed by atoms with Gasteiger partial charge in [0.15, 0.2) is 0 Å². The summed E-state index contributed by atoms with van der Waals surface area (Å²) in [5.41, 5.74) is 1.74. The Hall–Kier alpha value is -1.05. The molecule has 0 radical (unpaired) electrons. The Kier molecular flexibility index (Phi) is 6.17. The number of methoxy groups -OCH3 is 1. The molecule has 98 valence electrons. The largest absolute Gasteiger partial charge is 0.383 e. The molecule has 0 saturated carbocycles. The number of amides is 1. The Balaban J connectivity index is 2.89. The highest BCUT2D eigenvalue weighted by molar-refractivity contribution is 9.10. The van der Waals surface area contributed by atoms with Crippen molar-refractivity contribution < 1.29 is 9.53 Å². The lowest BCUT2D eigenvalue weighted by molar-refractivity contribution is 0.0906. The Morgan fingerprint density at radius 1 is 1.72 bits per heavy atom. The van der Waals surface area contributed by atoms with Crippen LogP contribution in [-0.4, -0.2) is 36.1 Å². The molecule has 1 aromatic rings. The second-order valence-electron chi connectivity index (χ2n) is 3.64. The van der Waals surface area contributed by atoms with Gasteiger partial charge in [-0.2, -0.15) is 0 Å². The number of halogens is 1. The summed E-state index contributed by atoms with van der Waals surface area (Å²) in [5.74, 6) is 0.197. The standard InChI is InChI=1S/C11H14BrN3O2S/c1-7(5-17-2)15-11(16)9-3-8(12)4-13-10(9)14-6-18/h3-4,6-7H,5H2,1-2H3,(H,15,16)(H,13,14,18). The minimum atomic E-state index is -0.229. The molecule has 1 aromatic heterocycles. The first-order chi connectivity index (χ1) is 8.58. The third kappa shape index (κ3) is 4.32. The van der Waals surface area contributed by atoms with Crippen molar-refractivity contribution in [1.82, 2.24) is 10.3 Å². The fraction of sp³-hybridized carbons (Fsp3) is 0.364. The molecule has 1 amide bonds. The Morgan fingerprint density at radius 3 is 3.06 bits per heavy atom. The molecule has 1 unspecified atom stereocenters. The van der Waals surface area contributed by atoms with Crippen LogP contribution in [0.3, 0.4) is 0 Å². The van der Waals surface area contributed by atoms with Gasteiger partial charge in [0, 0.05) is 23.8 Å². The van der Waals surface area contributed by atoms with Crippen LogP contribution >= 0.6 is 28.1 Å². The van der Waals surface area contributed by atoms with Gasteiger partial charge in [0.05, 0.1) is 17.7 Å². The average Bonchev–Trinajstić information content (AvgIpc) is 2.32. The molecule has 0 bridgehead atoms. The van der Waals surface area contributed by atoms with E-state index in [9.17, 15) is 4.79 Å². The molecule has 2 N–H and O–H groups in total. The maximum absolute atomic E-state index is 12.1. The lowest BCUT2D eigenvalue weighted by atomic mass is 10.2. The molecule has 1 heterocycles. The summed E-state index contributed by atoms with van der Waals surface area (Å²) in [6.07, 6.45) is 1.59. The molecular formula is C11H14BrN3O2S. The van der Waals surface area contributed by atoms with Crippen LogP contribution in [0, 0.1) is 0 Å². The average molecular weight is 332 g/mol. The highest BCUT2D eigenvalue weighted by Crippen LogP contribution is 2.17. The highest BCUT2D eigenvalue weighted by Gasteiger charge is 2.15. The van der Waals surface area contributed by atoms with E-state index in [1.165, 1.54) is 5.49 Å². The lowest BCUT2D eigenvalue weighted by Crippen LogP contribution is -2.36. The zero-order chi connectivity index (χ0) is 13.5. The fourth-order valence-corrected chi connectivity index (χ4v) is 1.82. The van der Waals surface area contributed by atoms with Crippen molar-refractivity contribution in [2.75, 3.05) is 19.0 Å². The van der Waals surface area contributed by atoms with Crippen LogP contribution in [0.15, 0.2) is 16.7 Å². The summed E-state index contributed by atoms with van der Waals surface area (Å²) in [6, 6.07) is 1.60. The van der Waals surface area contributed by atoms with E-state index in [2.05, 4.69) is 31.5 Å². The van der Waals surface area contributed by atoms with Gasteiger partial charge >= 0.3 is 0 Å². The lowest BCUT2D eigenvalue weighted by Gasteiger charge is -2.14. The maximum Gasteiger partial charge on any atom is 0.255 e. The number of thiocarbonyl (C=S) groups is 1. The number of hydrogen-bond acceptors (Lipinski definition) is 4. The second-order valence-corrected chi connectivity index (χ2v) is 4.79. The van der Waals surface area contributed by atoms with Gasteiger partial charge in [-0.3, -0.25) is 4.79 Å². The van der Waals surface area contributed by atoms with Crippen molar-refractivity contribution in [3.63, 3.8) is 0 Å². The van der Waals surface area contributed by atoms with Crippen molar-refractivity contribution in [3.8, 4) is 0 Å². The summed E-state index contributed by atoms with van der Waals surface area (Å²) in [7, 11) is 1.59. The maximum atomic E-state index is 12.1. The number of ether oxygens (including phenoxy) is 1. The van der Waals surface area contributed by atoms with Gasteiger partial charge in [-0.25, -0.2) is 4.98 Å². The third-order valence-electron chi connectivity index (χ3n) is 2.09. The van der Waals surface area contributed by atoms with Crippen molar-refractivity contribution in [2.24, 2.45) is 0 Å². The zero-order valence-corrected chi connectivity index (χ0v) is 12.5. The first-order valence-electron chi connectivity index (χ1n) is 5.24. The van der Waals surface area contributed by atoms with Gasteiger partial charge < -0.3 is 15.4 Å². The highest BCUT2D eigenvalue weighted by atomic mass is 79.9. The van der Waals surface area contributed by atoms with E-state index in [1.807, 2.05) is 6.92 Å². The van der Waals surface area contributed by atoms with E-state index >= 15 is 0 Å². The summed E-state index contributed by atoms with van der Waals surface area (Å²) >= 11 is 7.98. The molecule has 1 atom stereocenters.